The minimum absolute atomic E-state index is 0.0572. The molecule has 7 amide bonds. The number of halogens is 1. The lowest BCUT2D eigenvalue weighted by Crippen LogP contribution is -2.53. The molecule has 0 saturated heterocycles. The van der Waals surface area contributed by atoms with Crippen LogP contribution >= 0.6 is 15.9 Å². The van der Waals surface area contributed by atoms with Crippen LogP contribution in [0.15, 0.2) is 28.7 Å². The quantitative estimate of drug-likeness (QED) is 0.0142. The highest BCUT2D eigenvalue weighted by Gasteiger charge is 2.34. The van der Waals surface area contributed by atoms with Gasteiger partial charge in [0.05, 0.1) is 6.04 Å². The summed E-state index contributed by atoms with van der Waals surface area (Å²) in [4.78, 5) is 144. The zero-order valence-electron chi connectivity index (χ0n) is 54.6. The number of alkyl carbamates (subject to hydrolysis) is 1. The zero-order valence-corrected chi connectivity index (χ0v) is 56.2. The molecular formula is C63H104BrN7O16. The van der Waals surface area contributed by atoms with Crippen LogP contribution in [0.5, 0.6) is 0 Å². The number of hydrogen-bond acceptors (Lipinski definition) is 16. The topological polar surface area (TPSA) is 318 Å². The fourth-order valence-electron chi connectivity index (χ4n) is 8.21. The van der Waals surface area contributed by atoms with E-state index in [0.717, 1.165) is 16.5 Å². The van der Waals surface area contributed by atoms with E-state index < -0.39 is 106 Å². The maximum absolute atomic E-state index is 14.0. The smallest absolute Gasteiger partial charge is 0.407 e. The first-order valence-corrected chi connectivity index (χ1v) is 31.4. The molecule has 0 fully saturated rings. The first-order valence-electron chi connectivity index (χ1n) is 30.6. The molecule has 7 N–H and O–H groups in total. The maximum atomic E-state index is 14.0. The van der Waals surface area contributed by atoms with Crippen molar-refractivity contribution in [3.8, 4) is 0 Å². The Morgan fingerprint density at radius 1 is 0.402 bits per heavy atom. The van der Waals surface area contributed by atoms with Gasteiger partial charge in [-0.2, -0.15) is 0 Å². The molecule has 494 valence electrons. The summed E-state index contributed by atoms with van der Waals surface area (Å²) in [6.45, 7) is 26.0. The van der Waals surface area contributed by atoms with Crippen molar-refractivity contribution >= 4 is 81.3 Å². The van der Waals surface area contributed by atoms with Crippen molar-refractivity contribution in [3.63, 3.8) is 0 Å². The summed E-state index contributed by atoms with van der Waals surface area (Å²) in [5.74, 6) is -5.83. The van der Waals surface area contributed by atoms with E-state index in [1.54, 1.807) is 104 Å². The second kappa shape index (κ2) is 38.8. The second-order valence-corrected chi connectivity index (χ2v) is 27.5. The van der Waals surface area contributed by atoms with E-state index in [1.165, 1.54) is 0 Å². The Morgan fingerprint density at radius 2 is 0.839 bits per heavy atom. The molecule has 0 radical (unpaired) electrons. The fourth-order valence-corrected chi connectivity index (χ4v) is 8.47. The third-order valence-electron chi connectivity index (χ3n) is 12.1. The minimum atomic E-state index is -1.28. The van der Waals surface area contributed by atoms with Crippen LogP contribution in [0.4, 0.5) is 9.59 Å². The highest BCUT2D eigenvalue weighted by Crippen LogP contribution is 2.18. The standard InChI is InChI=1S/C63H104BrN7O16/c1-59(2,3)83-51(75)38-36-47(55(79)85-61(7,8)9)71-57(81)70-46(54(78)84-60(4,5)6)35-37-49(73)66-39-22-18-16-17-19-29-50(74)68-45(28-21-24-41-67-58(82)87-63(13,14)15)53(77)69-44(52(76)56(80)86-62(10,11)12)27-20-23-40-65-48(72)30-25-26-42-31-33-43(64)34-32-42/h31-34,44-47H,16-30,35-41H2,1-15H3,(H,65,72)(H,66,73)(H,67,82)(H,68,74)(H,69,77)(H2,70,71,81). The van der Waals surface area contributed by atoms with Gasteiger partial charge in [0.25, 0.3) is 5.78 Å². The van der Waals surface area contributed by atoms with Gasteiger partial charge < -0.3 is 60.9 Å². The Kier molecular flexibility index (Phi) is 35.1. The number of unbranched alkanes of at least 4 members (excludes halogenated alkanes) is 6. The third-order valence-corrected chi connectivity index (χ3v) is 12.6. The summed E-state index contributed by atoms with van der Waals surface area (Å²) >= 11 is 3.42. The Bertz CT molecular complexity index is 2380. The van der Waals surface area contributed by atoms with Crippen LogP contribution in [-0.4, -0.2) is 137 Å². The minimum Gasteiger partial charge on any atom is -0.460 e. The number of urea groups is 1. The van der Waals surface area contributed by atoms with Crippen LogP contribution in [0, 0.1) is 0 Å². The SMILES string of the molecule is CC(C)(C)OC(=O)CCC(NC(=O)NC(CCC(=O)NCCCCCCCC(=O)NC(CCCCNC(=O)OC(C)(C)C)C(=O)NC(CCCCNC(=O)CCCc1ccc(Br)cc1)C(=O)C(=O)OC(C)(C)C)C(=O)OC(C)(C)C)C(=O)OC(C)(C)C. The van der Waals surface area contributed by atoms with Crippen molar-refractivity contribution in [3.05, 3.63) is 34.3 Å². The van der Waals surface area contributed by atoms with Gasteiger partial charge in [-0.25, -0.2) is 24.0 Å². The van der Waals surface area contributed by atoms with Gasteiger partial charge in [-0.3, -0.25) is 28.8 Å². The lowest BCUT2D eigenvalue weighted by Gasteiger charge is -2.27. The number of carbonyl (C=O) groups excluding carboxylic acids is 11. The summed E-state index contributed by atoms with van der Waals surface area (Å²) in [6, 6.07) is 2.04. The molecule has 1 aromatic carbocycles. The zero-order chi connectivity index (χ0) is 66.2. The number of aryl methyl sites for hydroxylation is 1. The number of esters is 4. The predicted octanol–water partition coefficient (Wildman–Crippen LogP) is 8.71. The lowest BCUT2D eigenvalue weighted by atomic mass is 10.0. The molecule has 0 aliphatic heterocycles. The average Bonchev–Trinajstić information content (AvgIpc) is 3.43. The summed E-state index contributed by atoms with van der Waals surface area (Å²) in [7, 11) is 0. The van der Waals surface area contributed by atoms with E-state index in [9.17, 15) is 52.7 Å². The molecule has 0 aliphatic carbocycles. The maximum Gasteiger partial charge on any atom is 0.407 e. The molecule has 0 saturated carbocycles. The summed E-state index contributed by atoms with van der Waals surface area (Å²) in [5.41, 5.74) is -3.18. The fraction of sp³-hybridized carbons (Fsp3) is 0.730. The number of ketones is 1. The molecule has 0 bridgehead atoms. The summed E-state index contributed by atoms with van der Waals surface area (Å²) in [6.07, 6.45) is 5.52. The number of hydrogen-bond donors (Lipinski definition) is 7. The van der Waals surface area contributed by atoms with Crippen molar-refractivity contribution in [2.75, 3.05) is 19.6 Å². The molecule has 87 heavy (non-hydrogen) atoms. The Hall–Kier alpha value is -6.33. The molecule has 0 aromatic heterocycles. The number of carbonyl (C=O) groups is 11. The van der Waals surface area contributed by atoms with E-state index in [0.29, 0.717) is 83.7 Å². The Balaban J connectivity index is 2.91. The van der Waals surface area contributed by atoms with Crippen LogP contribution in [0.2, 0.25) is 0 Å². The van der Waals surface area contributed by atoms with E-state index in [2.05, 4.69) is 53.1 Å². The monoisotopic (exact) mass is 1290 g/mol. The van der Waals surface area contributed by atoms with Crippen LogP contribution < -0.4 is 37.2 Å². The van der Waals surface area contributed by atoms with Crippen molar-refractivity contribution in [1.29, 1.82) is 0 Å². The number of benzene rings is 1. The van der Waals surface area contributed by atoms with Crippen LogP contribution in [0.1, 0.15) is 225 Å². The Labute approximate surface area is 524 Å². The molecule has 24 heteroatoms. The van der Waals surface area contributed by atoms with Gasteiger partial charge in [0.15, 0.2) is 0 Å². The molecular weight excluding hydrogens is 1190 g/mol. The third kappa shape index (κ3) is 41.5. The Morgan fingerprint density at radius 3 is 1.36 bits per heavy atom. The molecule has 0 spiro atoms. The lowest BCUT2D eigenvalue weighted by molar-refractivity contribution is -0.163. The van der Waals surface area contributed by atoms with E-state index >= 15 is 0 Å². The van der Waals surface area contributed by atoms with Crippen molar-refractivity contribution in [2.24, 2.45) is 0 Å². The van der Waals surface area contributed by atoms with Gasteiger partial charge in [-0.15, -0.1) is 0 Å². The number of ether oxygens (including phenoxy) is 5. The highest BCUT2D eigenvalue weighted by atomic mass is 79.9. The summed E-state index contributed by atoms with van der Waals surface area (Å²) < 4.78 is 28.0. The molecule has 23 nitrogen and oxygen atoms in total. The van der Waals surface area contributed by atoms with E-state index in [4.69, 9.17) is 23.7 Å². The molecule has 0 aliphatic rings. The second-order valence-electron chi connectivity index (χ2n) is 26.6. The van der Waals surface area contributed by atoms with Crippen molar-refractivity contribution in [1.82, 2.24) is 37.2 Å². The van der Waals surface area contributed by atoms with Gasteiger partial charge >= 0.3 is 36.0 Å². The number of nitrogens with one attached hydrogen (secondary N) is 7. The number of Topliss-reactive ketones (excluding diaryl/α,β-unsaturated/α-hetero) is 1. The van der Waals surface area contributed by atoms with Crippen molar-refractivity contribution < 1.29 is 76.4 Å². The molecule has 1 aromatic rings. The van der Waals surface area contributed by atoms with Gasteiger partial charge in [0.1, 0.15) is 46.1 Å². The molecule has 0 heterocycles. The molecule has 4 atom stereocenters. The van der Waals surface area contributed by atoms with Crippen LogP contribution in [0.25, 0.3) is 0 Å². The summed E-state index contributed by atoms with van der Waals surface area (Å²) in [5, 5.41) is 18.9. The van der Waals surface area contributed by atoms with Crippen LogP contribution in [0.3, 0.4) is 0 Å². The first kappa shape index (κ1) is 78.7. The van der Waals surface area contributed by atoms with Gasteiger partial charge in [0.2, 0.25) is 23.6 Å². The number of amides is 7. The first-order chi connectivity index (χ1) is 40.2. The normalized spacial score (nSPS) is 13.2. The van der Waals surface area contributed by atoms with E-state index in [1.807, 2.05) is 24.3 Å². The predicted molar refractivity (Wildman–Crippen MR) is 333 cm³/mol. The van der Waals surface area contributed by atoms with Gasteiger partial charge in [-0.1, -0.05) is 47.3 Å². The largest absolute Gasteiger partial charge is 0.460 e. The molecule has 4 unspecified atom stereocenters. The van der Waals surface area contributed by atoms with Gasteiger partial charge in [0, 0.05) is 49.8 Å². The molecule has 1 rings (SSSR count). The van der Waals surface area contributed by atoms with E-state index in [-0.39, 0.29) is 63.3 Å². The number of rotatable bonds is 37. The average molecular weight is 1300 g/mol. The highest BCUT2D eigenvalue weighted by molar-refractivity contribution is 9.10. The van der Waals surface area contributed by atoms with Gasteiger partial charge in [-0.05, 0) is 199 Å². The van der Waals surface area contributed by atoms with Crippen molar-refractivity contribution in [2.45, 2.75) is 278 Å². The van der Waals surface area contributed by atoms with Crippen LogP contribution in [-0.2, 0) is 73.3 Å².